The third kappa shape index (κ3) is 5.96. The monoisotopic (exact) mass is 392 g/mol. The fourth-order valence-electron chi connectivity index (χ4n) is 2.52. The molecule has 1 N–H and O–H groups in total. The van der Waals surface area contributed by atoms with Crippen LogP contribution in [0, 0.1) is 5.82 Å². The summed E-state index contributed by atoms with van der Waals surface area (Å²) in [5, 5.41) is 3.24. The third-order valence-electron chi connectivity index (χ3n) is 3.95. The number of carbonyl (C=O) groups excluding carboxylic acids is 2. The highest BCUT2D eigenvalue weighted by atomic mass is 35.5. The minimum absolute atomic E-state index is 0.0146. The minimum Gasteiger partial charge on any atom is -0.481 e. The smallest absolute Gasteiger partial charge is 0.261 e. The SMILES string of the molecule is CCNC(=O)C(C)N(Cc1cccc(Cl)c1)C(=O)COc1ccccc1F. The quantitative estimate of drug-likeness (QED) is 0.749. The largest absolute Gasteiger partial charge is 0.481 e. The number of amides is 2. The lowest BCUT2D eigenvalue weighted by atomic mass is 10.1. The first-order valence-corrected chi connectivity index (χ1v) is 8.99. The van der Waals surface area contributed by atoms with Crippen molar-refractivity contribution in [1.82, 2.24) is 10.2 Å². The van der Waals surface area contributed by atoms with E-state index >= 15 is 0 Å². The number of hydrogen-bond acceptors (Lipinski definition) is 3. The van der Waals surface area contributed by atoms with Crippen LogP contribution in [0.5, 0.6) is 5.75 Å². The zero-order chi connectivity index (χ0) is 19.8. The van der Waals surface area contributed by atoms with E-state index in [0.29, 0.717) is 11.6 Å². The number of benzene rings is 2. The van der Waals surface area contributed by atoms with Crippen LogP contribution < -0.4 is 10.1 Å². The summed E-state index contributed by atoms with van der Waals surface area (Å²) in [6, 6.07) is 12.2. The molecule has 144 valence electrons. The lowest BCUT2D eigenvalue weighted by Crippen LogP contribution is -2.49. The molecule has 5 nitrogen and oxygen atoms in total. The van der Waals surface area contributed by atoms with Gasteiger partial charge in [0.05, 0.1) is 0 Å². The molecule has 0 bridgehead atoms. The predicted octanol–water partition coefficient (Wildman–Crippen LogP) is 3.41. The Morgan fingerprint density at radius 1 is 1.22 bits per heavy atom. The molecule has 0 fully saturated rings. The Kier molecular flexibility index (Phi) is 7.61. The van der Waals surface area contributed by atoms with Gasteiger partial charge in [-0.05, 0) is 43.7 Å². The Balaban J connectivity index is 2.15. The maximum Gasteiger partial charge on any atom is 0.261 e. The molecule has 0 aliphatic rings. The molecule has 0 saturated heterocycles. The molecule has 0 heterocycles. The number of hydrogen-bond donors (Lipinski definition) is 1. The van der Waals surface area contributed by atoms with Gasteiger partial charge in [-0.2, -0.15) is 0 Å². The van der Waals surface area contributed by atoms with E-state index in [9.17, 15) is 14.0 Å². The van der Waals surface area contributed by atoms with Gasteiger partial charge in [0.2, 0.25) is 5.91 Å². The van der Waals surface area contributed by atoms with E-state index in [1.807, 2.05) is 6.07 Å². The van der Waals surface area contributed by atoms with E-state index in [4.69, 9.17) is 16.3 Å². The van der Waals surface area contributed by atoms with Crippen LogP contribution in [0.25, 0.3) is 0 Å². The lowest BCUT2D eigenvalue weighted by Gasteiger charge is -2.28. The number of nitrogens with one attached hydrogen (secondary N) is 1. The molecule has 0 aromatic heterocycles. The standard InChI is InChI=1S/C20H22ClFN2O3/c1-3-23-20(26)14(2)24(12-15-7-6-8-16(21)11-15)19(25)13-27-18-10-5-4-9-17(18)22/h4-11,14H,3,12-13H2,1-2H3,(H,23,26). The van der Waals surface area contributed by atoms with Gasteiger partial charge in [0.15, 0.2) is 18.2 Å². The van der Waals surface area contributed by atoms with Crippen molar-refractivity contribution in [3.8, 4) is 5.75 Å². The average Bonchev–Trinajstić information content (AvgIpc) is 2.65. The Hall–Kier alpha value is -2.60. The van der Waals surface area contributed by atoms with Gasteiger partial charge < -0.3 is 15.0 Å². The summed E-state index contributed by atoms with van der Waals surface area (Å²) >= 11 is 6.01. The third-order valence-corrected chi connectivity index (χ3v) is 4.18. The highest BCUT2D eigenvalue weighted by molar-refractivity contribution is 6.30. The number of carbonyl (C=O) groups is 2. The molecule has 2 aromatic rings. The molecule has 7 heteroatoms. The molecule has 0 radical (unpaired) electrons. The molecule has 2 aromatic carbocycles. The maximum atomic E-state index is 13.7. The molecule has 0 aliphatic carbocycles. The average molecular weight is 393 g/mol. The number of likely N-dealkylation sites (N-methyl/N-ethyl adjacent to an activating group) is 1. The second-order valence-electron chi connectivity index (χ2n) is 5.94. The van der Waals surface area contributed by atoms with E-state index in [2.05, 4.69) is 5.32 Å². The van der Waals surface area contributed by atoms with Crippen LogP contribution in [0.3, 0.4) is 0 Å². The van der Waals surface area contributed by atoms with Gasteiger partial charge in [-0.15, -0.1) is 0 Å². The van der Waals surface area contributed by atoms with Crippen LogP contribution in [-0.4, -0.2) is 35.9 Å². The Morgan fingerprint density at radius 3 is 2.63 bits per heavy atom. The summed E-state index contributed by atoms with van der Waals surface area (Å²) in [5.74, 6) is -1.28. The van der Waals surface area contributed by atoms with Crippen molar-refractivity contribution in [2.24, 2.45) is 0 Å². The van der Waals surface area contributed by atoms with E-state index in [1.54, 1.807) is 38.1 Å². The lowest BCUT2D eigenvalue weighted by molar-refractivity contribution is -0.142. The number of halogens is 2. The molecule has 1 atom stereocenters. The highest BCUT2D eigenvalue weighted by Crippen LogP contribution is 2.17. The topological polar surface area (TPSA) is 58.6 Å². The Morgan fingerprint density at radius 2 is 1.96 bits per heavy atom. The summed E-state index contributed by atoms with van der Waals surface area (Å²) in [5.41, 5.74) is 0.776. The molecule has 2 rings (SSSR count). The van der Waals surface area contributed by atoms with Crippen LogP contribution in [0.1, 0.15) is 19.4 Å². The van der Waals surface area contributed by atoms with Crippen LogP contribution in [0.2, 0.25) is 5.02 Å². The molecule has 27 heavy (non-hydrogen) atoms. The van der Waals surface area contributed by atoms with Gasteiger partial charge in [-0.1, -0.05) is 35.9 Å². The molecule has 0 aliphatic heterocycles. The van der Waals surface area contributed by atoms with Gasteiger partial charge in [0, 0.05) is 18.1 Å². The normalized spacial score (nSPS) is 11.6. The minimum atomic E-state index is -0.722. The molecule has 1 unspecified atom stereocenters. The fraction of sp³-hybridized carbons (Fsp3) is 0.300. The zero-order valence-corrected chi connectivity index (χ0v) is 16.0. The van der Waals surface area contributed by atoms with Crippen LogP contribution in [-0.2, 0) is 16.1 Å². The summed E-state index contributed by atoms with van der Waals surface area (Å²) in [7, 11) is 0. The maximum absolute atomic E-state index is 13.7. The molecule has 0 spiro atoms. The summed E-state index contributed by atoms with van der Waals surface area (Å²) < 4.78 is 19.0. The Bertz CT molecular complexity index is 800. The van der Waals surface area contributed by atoms with Crippen molar-refractivity contribution >= 4 is 23.4 Å². The van der Waals surface area contributed by atoms with Crippen molar-refractivity contribution in [2.45, 2.75) is 26.4 Å². The first kappa shape index (κ1) is 20.7. The fourth-order valence-corrected chi connectivity index (χ4v) is 2.73. The van der Waals surface area contributed by atoms with Crippen molar-refractivity contribution in [3.63, 3.8) is 0 Å². The van der Waals surface area contributed by atoms with Crippen LogP contribution >= 0.6 is 11.6 Å². The van der Waals surface area contributed by atoms with Gasteiger partial charge in [-0.3, -0.25) is 9.59 Å². The number of ether oxygens (including phenoxy) is 1. The van der Waals surface area contributed by atoms with E-state index < -0.39 is 17.8 Å². The summed E-state index contributed by atoms with van der Waals surface area (Å²) in [4.78, 5) is 26.4. The van der Waals surface area contributed by atoms with E-state index in [1.165, 1.54) is 23.1 Å². The summed E-state index contributed by atoms with van der Waals surface area (Å²) in [6.45, 7) is 3.68. The van der Waals surface area contributed by atoms with Crippen LogP contribution in [0.15, 0.2) is 48.5 Å². The van der Waals surface area contributed by atoms with Gasteiger partial charge >= 0.3 is 0 Å². The zero-order valence-electron chi connectivity index (χ0n) is 15.2. The summed E-state index contributed by atoms with van der Waals surface area (Å²) in [6.07, 6.45) is 0. The van der Waals surface area contributed by atoms with E-state index in [0.717, 1.165) is 5.56 Å². The number of nitrogens with zero attached hydrogens (tertiary/aromatic N) is 1. The molecule has 0 saturated carbocycles. The number of rotatable bonds is 8. The van der Waals surface area contributed by atoms with Gasteiger partial charge in [0.25, 0.3) is 5.91 Å². The van der Waals surface area contributed by atoms with Crippen molar-refractivity contribution in [1.29, 1.82) is 0 Å². The number of para-hydroxylation sites is 1. The second kappa shape index (κ2) is 9.92. The van der Waals surface area contributed by atoms with Crippen LogP contribution in [0.4, 0.5) is 4.39 Å². The first-order chi connectivity index (χ1) is 12.9. The Labute approximate surface area is 163 Å². The molecular weight excluding hydrogens is 371 g/mol. The van der Waals surface area contributed by atoms with Crippen molar-refractivity contribution in [3.05, 3.63) is 64.9 Å². The van der Waals surface area contributed by atoms with Crippen molar-refractivity contribution < 1.29 is 18.7 Å². The van der Waals surface area contributed by atoms with E-state index in [-0.39, 0.29) is 24.8 Å². The van der Waals surface area contributed by atoms with Crippen molar-refractivity contribution in [2.75, 3.05) is 13.2 Å². The van der Waals surface area contributed by atoms with Gasteiger partial charge in [0.1, 0.15) is 6.04 Å². The predicted molar refractivity (Wildman–Crippen MR) is 102 cm³/mol. The molecular formula is C20H22ClFN2O3. The first-order valence-electron chi connectivity index (χ1n) is 8.61. The van der Waals surface area contributed by atoms with Gasteiger partial charge in [-0.25, -0.2) is 4.39 Å². The second-order valence-corrected chi connectivity index (χ2v) is 6.38. The molecule has 2 amide bonds. The highest BCUT2D eigenvalue weighted by Gasteiger charge is 2.26.